The van der Waals surface area contributed by atoms with Gasteiger partial charge in [0.1, 0.15) is 0 Å². The number of hydrogen-bond donors (Lipinski definition) is 1. The van der Waals surface area contributed by atoms with Gasteiger partial charge in [-0.15, -0.1) is 0 Å². The summed E-state index contributed by atoms with van der Waals surface area (Å²) in [5.41, 5.74) is 2.36. The van der Waals surface area contributed by atoms with Crippen LogP contribution in [0.5, 0.6) is 0 Å². The van der Waals surface area contributed by atoms with E-state index in [1.165, 1.54) is 11.3 Å². The Labute approximate surface area is 183 Å². The van der Waals surface area contributed by atoms with Crippen LogP contribution in [0.2, 0.25) is 10.0 Å². The van der Waals surface area contributed by atoms with Gasteiger partial charge in [0.15, 0.2) is 5.13 Å². The highest BCUT2D eigenvalue weighted by Gasteiger charge is 2.19. The first-order valence-electron chi connectivity index (χ1n) is 9.22. The van der Waals surface area contributed by atoms with Crippen molar-refractivity contribution in [3.8, 4) is 11.3 Å². The summed E-state index contributed by atoms with van der Waals surface area (Å²) in [5.74, 6) is -0.269. The fourth-order valence-corrected chi connectivity index (χ4v) is 4.42. The van der Waals surface area contributed by atoms with Crippen LogP contribution in [0.15, 0.2) is 48.5 Å². The number of amides is 1. The van der Waals surface area contributed by atoms with Crippen LogP contribution in [-0.4, -0.2) is 42.1 Å². The lowest BCUT2D eigenvalue weighted by molar-refractivity contribution is 0.0347. The van der Waals surface area contributed by atoms with E-state index in [2.05, 4.69) is 10.2 Å². The summed E-state index contributed by atoms with van der Waals surface area (Å²) in [6.45, 7) is 4.02. The first-order chi connectivity index (χ1) is 14.1. The summed E-state index contributed by atoms with van der Waals surface area (Å²) in [6.07, 6.45) is 0. The molecule has 150 valence electrons. The fourth-order valence-electron chi connectivity index (χ4n) is 3.10. The van der Waals surface area contributed by atoms with Gasteiger partial charge in [0.2, 0.25) is 0 Å². The van der Waals surface area contributed by atoms with Gasteiger partial charge in [0.05, 0.1) is 29.0 Å². The van der Waals surface area contributed by atoms with Crippen molar-refractivity contribution in [3.63, 3.8) is 0 Å². The van der Waals surface area contributed by atoms with E-state index in [0.717, 1.165) is 49.0 Å². The Morgan fingerprint density at radius 2 is 1.86 bits per heavy atom. The summed E-state index contributed by atoms with van der Waals surface area (Å²) in [4.78, 5) is 20.8. The van der Waals surface area contributed by atoms with E-state index >= 15 is 0 Å². The highest BCUT2D eigenvalue weighted by molar-refractivity contribution is 7.16. The zero-order valence-corrected chi connectivity index (χ0v) is 17.9. The molecule has 4 rings (SSSR count). The standard InChI is InChI=1S/C21H19Cl2N3O2S/c22-16-7-6-15(12-17(16)23)20(27)25-21-24-19(14-4-2-1-3-5-14)18(29-21)13-26-8-10-28-11-9-26/h1-7,12H,8-11,13H2,(H,24,25,27). The van der Waals surface area contributed by atoms with Crippen molar-refractivity contribution in [2.24, 2.45) is 0 Å². The first kappa shape index (κ1) is 20.3. The number of ether oxygens (including phenoxy) is 1. The van der Waals surface area contributed by atoms with E-state index in [-0.39, 0.29) is 5.91 Å². The number of carbonyl (C=O) groups excluding carboxylic acids is 1. The minimum Gasteiger partial charge on any atom is -0.379 e. The van der Waals surface area contributed by atoms with E-state index in [9.17, 15) is 4.79 Å². The van der Waals surface area contributed by atoms with Crippen molar-refractivity contribution in [1.82, 2.24) is 9.88 Å². The van der Waals surface area contributed by atoms with Gasteiger partial charge in [0, 0.05) is 35.6 Å². The second kappa shape index (κ2) is 9.24. The largest absolute Gasteiger partial charge is 0.379 e. The van der Waals surface area contributed by atoms with E-state index in [0.29, 0.717) is 20.7 Å². The Morgan fingerprint density at radius 1 is 1.10 bits per heavy atom. The molecular formula is C21H19Cl2N3O2S. The number of nitrogens with one attached hydrogen (secondary N) is 1. The quantitative estimate of drug-likeness (QED) is 0.583. The number of anilines is 1. The normalized spacial score (nSPS) is 14.7. The monoisotopic (exact) mass is 447 g/mol. The average molecular weight is 448 g/mol. The molecule has 1 amide bonds. The predicted molar refractivity (Wildman–Crippen MR) is 118 cm³/mol. The summed E-state index contributed by atoms with van der Waals surface area (Å²) in [7, 11) is 0. The van der Waals surface area contributed by atoms with E-state index in [1.54, 1.807) is 18.2 Å². The molecule has 0 radical (unpaired) electrons. The molecule has 0 aliphatic carbocycles. The molecule has 2 heterocycles. The second-order valence-corrected chi connectivity index (χ2v) is 8.53. The van der Waals surface area contributed by atoms with Crippen LogP contribution in [0, 0.1) is 0 Å². The summed E-state index contributed by atoms with van der Waals surface area (Å²) in [6, 6.07) is 14.8. The highest BCUT2D eigenvalue weighted by atomic mass is 35.5. The number of thiazole rings is 1. The molecule has 5 nitrogen and oxygen atoms in total. The third-order valence-corrected chi connectivity index (χ3v) is 6.31. The highest BCUT2D eigenvalue weighted by Crippen LogP contribution is 2.33. The Balaban J connectivity index is 1.59. The number of halogens is 2. The number of aromatic nitrogens is 1. The van der Waals surface area contributed by atoms with Gasteiger partial charge in [-0.2, -0.15) is 0 Å². The van der Waals surface area contributed by atoms with Crippen LogP contribution >= 0.6 is 34.5 Å². The average Bonchev–Trinajstić information content (AvgIpc) is 3.13. The van der Waals surface area contributed by atoms with Gasteiger partial charge in [-0.3, -0.25) is 15.0 Å². The van der Waals surface area contributed by atoms with Crippen molar-refractivity contribution >= 4 is 45.6 Å². The molecule has 0 unspecified atom stereocenters. The zero-order valence-electron chi connectivity index (χ0n) is 15.5. The van der Waals surface area contributed by atoms with Crippen molar-refractivity contribution in [3.05, 3.63) is 69.0 Å². The predicted octanol–water partition coefficient (Wildman–Crippen LogP) is 5.20. The molecule has 1 aliphatic heterocycles. The van der Waals surface area contributed by atoms with E-state index < -0.39 is 0 Å². The number of carbonyl (C=O) groups is 1. The number of hydrogen-bond acceptors (Lipinski definition) is 5. The molecule has 1 aliphatic rings. The number of nitrogens with zero attached hydrogens (tertiary/aromatic N) is 2. The molecule has 2 aromatic carbocycles. The molecule has 0 saturated carbocycles. The Hall–Kier alpha value is -1.96. The van der Waals surface area contributed by atoms with E-state index in [1.807, 2.05) is 30.3 Å². The minimum atomic E-state index is -0.269. The second-order valence-electron chi connectivity index (χ2n) is 6.63. The van der Waals surface area contributed by atoms with Crippen LogP contribution in [0.25, 0.3) is 11.3 Å². The summed E-state index contributed by atoms with van der Waals surface area (Å²) >= 11 is 13.5. The SMILES string of the molecule is O=C(Nc1nc(-c2ccccc2)c(CN2CCOCC2)s1)c1ccc(Cl)c(Cl)c1. The Kier molecular flexibility index (Phi) is 6.47. The number of benzene rings is 2. The zero-order chi connectivity index (χ0) is 20.2. The maximum Gasteiger partial charge on any atom is 0.257 e. The molecule has 8 heteroatoms. The lowest BCUT2D eigenvalue weighted by atomic mass is 10.1. The summed E-state index contributed by atoms with van der Waals surface area (Å²) in [5, 5.41) is 4.21. The number of rotatable bonds is 5. The van der Waals surface area contributed by atoms with Gasteiger partial charge in [-0.25, -0.2) is 4.98 Å². The molecule has 1 fully saturated rings. The first-order valence-corrected chi connectivity index (χ1v) is 10.8. The smallest absolute Gasteiger partial charge is 0.257 e. The topological polar surface area (TPSA) is 54.5 Å². The molecule has 1 saturated heterocycles. The molecule has 0 bridgehead atoms. The Morgan fingerprint density at radius 3 is 2.59 bits per heavy atom. The van der Waals surface area contributed by atoms with Gasteiger partial charge >= 0.3 is 0 Å². The number of morpholine rings is 1. The van der Waals surface area contributed by atoms with Crippen LogP contribution < -0.4 is 5.32 Å². The maximum atomic E-state index is 12.7. The molecule has 3 aromatic rings. The van der Waals surface area contributed by atoms with Gasteiger partial charge < -0.3 is 4.74 Å². The molecule has 1 aromatic heterocycles. The van der Waals surface area contributed by atoms with Crippen LogP contribution in [-0.2, 0) is 11.3 Å². The van der Waals surface area contributed by atoms with Crippen LogP contribution in [0.3, 0.4) is 0 Å². The van der Waals surface area contributed by atoms with Gasteiger partial charge in [-0.1, -0.05) is 64.9 Å². The molecule has 29 heavy (non-hydrogen) atoms. The van der Waals surface area contributed by atoms with Crippen LogP contribution in [0.1, 0.15) is 15.2 Å². The maximum absolute atomic E-state index is 12.7. The third kappa shape index (κ3) is 4.97. The minimum absolute atomic E-state index is 0.269. The lowest BCUT2D eigenvalue weighted by Crippen LogP contribution is -2.35. The van der Waals surface area contributed by atoms with E-state index in [4.69, 9.17) is 32.9 Å². The molecule has 1 N–H and O–H groups in total. The summed E-state index contributed by atoms with van der Waals surface area (Å²) < 4.78 is 5.45. The molecule has 0 spiro atoms. The molecule has 0 atom stereocenters. The van der Waals surface area contributed by atoms with Crippen molar-refractivity contribution in [2.45, 2.75) is 6.54 Å². The van der Waals surface area contributed by atoms with Crippen molar-refractivity contribution < 1.29 is 9.53 Å². The Bertz CT molecular complexity index is 1000. The fraction of sp³-hybridized carbons (Fsp3) is 0.238. The van der Waals surface area contributed by atoms with Gasteiger partial charge in [-0.05, 0) is 18.2 Å². The van der Waals surface area contributed by atoms with Crippen molar-refractivity contribution in [2.75, 3.05) is 31.6 Å². The lowest BCUT2D eigenvalue weighted by Gasteiger charge is -2.26. The third-order valence-electron chi connectivity index (χ3n) is 4.62. The van der Waals surface area contributed by atoms with Crippen LogP contribution in [0.4, 0.5) is 5.13 Å². The van der Waals surface area contributed by atoms with Crippen molar-refractivity contribution in [1.29, 1.82) is 0 Å². The molecular weight excluding hydrogens is 429 g/mol. The van der Waals surface area contributed by atoms with Gasteiger partial charge in [0.25, 0.3) is 5.91 Å².